The Morgan fingerprint density at radius 3 is 2.67 bits per heavy atom. The number of allylic oxidation sites excluding steroid dienone is 1. The van der Waals surface area contributed by atoms with Crippen molar-refractivity contribution in [1.29, 1.82) is 0 Å². The Morgan fingerprint density at radius 1 is 1.67 bits per heavy atom. The van der Waals surface area contributed by atoms with Crippen LogP contribution in [0.2, 0.25) is 0 Å². The molecular formula is C6H8LrNS-. The zero-order valence-corrected chi connectivity index (χ0v) is 8.23. The molecule has 1 radical (unpaired) electrons. The predicted octanol–water partition coefficient (Wildman–Crippen LogP) is 2.22. The molecule has 0 saturated carbocycles. The molecule has 0 amide bonds. The Kier molecular flexibility index (Phi) is 2.39. The monoisotopic (exact) mass is 388 g/mol. The van der Waals surface area contributed by atoms with Crippen LogP contribution in [0.15, 0.2) is 16.0 Å². The summed E-state index contributed by atoms with van der Waals surface area (Å²) in [4.78, 5) is 5.38. The molecule has 1 nitrogen and oxygen atoms in total. The maximum Gasteiger partial charge on any atom is 0 e. The first-order valence-electron chi connectivity index (χ1n) is 2.50. The zero-order chi connectivity index (χ0) is 5.98. The van der Waals surface area contributed by atoms with Crippen molar-refractivity contribution in [3.05, 3.63) is 17.0 Å². The van der Waals surface area contributed by atoms with E-state index in [1.807, 2.05) is 12.5 Å². The minimum absolute atomic E-state index is 0. The van der Waals surface area contributed by atoms with Crippen LogP contribution in [0, 0.1) is 6.04 Å². The summed E-state index contributed by atoms with van der Waals surface area (Å²) in [5.41, 5.74) is 1.87. The van der Waals surface area contributed by atoms with Gasteiger partial charge in [0.1, 0.15) is 0 Å². The summed E-state index contributed by atoms with van der Waals surface area (Å²) >= 11 is 1.67. The van der Waals surface area contributed by atoms with Gasteiger partial charge in [-0.15, -0.1) is 11.0 Å². The van der Waals surface area contributed by atoms with Crippen LogP contribution >= 0.6 is 11.8 Å². The van der Waals surface area contributed by atoms with E-state index in [2.05, 4.69) is 18.0 Å². The SMILES string of the molecule is CC1=C[C-](C)N=CS1.[Lr]. The summed E-state index contributed by atoms with van der Waals surface area (Å²) in [5.74, 6) is 0. The fourth-order valence-electron chi connectivity index (χ4n) is 0.558. The molecule has 1 aliphatic heterocycles. The van der Waals surface area contributed by atoms with E-state index in [1.165, 1.54) is 4.91 Å². The normalized spacial score (nSPS) is 16.7. The van der Waals surface area contributed by atoms with Crippen molar-refractivity contribution in [2.75, 3.05) is 0 Å². The van der Waals surface area contributed by atoms with Crippen molar-refractivity contribution in [3.8, 4) is 0 Å². The number of thioether (sulfide) groups is 1. The largest absolute Gasteiger partial charge is 0.381 e. The first kappa shape index (κ1) is 7.63. The minimum Gasteiger partial charge on any atom is -0.381 e. The van der Waals surface area contributed by atoms with Gasteiger partial charge >= 0.3 is 0 Å². The van der Waals surface area contributed by atoms with E-state index in [9.17, 15) is 0 Å². The van der Waals surface area contributed by atoms with Gasteiger partial charge in [-0.1, -0.05) is 19.9 Å². The zero-order valence-electron chi connectivity index (χ0n) is 5.27. The van der Waals surface area contributed by atoms with Crippen LogP contribution in [0.3, 0.4) is 0 Å². The topological polar surface area (TPSA) is 12.4 Å². The molecular weight excluding hydrogens is 380 g/mol. The van der Waals surface area contributed by atoms with E-state index in [4.69, 9.17) is 0 Å². The molecule has 1 aliphatic rings. The van der Waals surface area contributed by atoms with Crippen molar-refractivity contribution in [2.45, 2.75) is 13.8 Å². The van der Waals surface area contributed by atoms with Crippen LogP contribution in [-0.4, -0.2) is 5.55 Å². The first-order chi connectivity index (χ1) is 3.79. The van der Waals surface area contributed by atoms with Gasteiger partial charge in [0.25, 0.3) is 0 Å². The maximum absolute atomic E-state index is 4.06. The minimum atomic E-state index is 0. The Hall–Kier alpha value is -1.37. The van der Waals surface area contributed by atoms with Crippen molar-refractivity contribution < 1.29 is 0 Å². The Balaban J connectivity index is 0.000000640. The van der Waals surface area contributed by atoms with Crippen molar-refractivity contribution in [1.82, 2.24) is 0 Å². The maximum atomic E-state index is 4.06. The molecule has 59 valence electrons. The molecule has 0 aromatic heterocycles. The van der Waals surface area contributed by atoms with Gasteiger partial charge in [0, 0.05) is 0 Å². The van der Waals surface area contributed by atoms with E-state index in [-0.39, 0.29) is 0 Å². The number of nitrogens with zero attached hydrogens (tertiary/aromatic N) is 1. The summed E-state index contributed by atoms with van der Waals surface area (Å²) in [6, 6.07) is 1.10. The molecule has 0 atom stereocenters. The number of hydrogen-bond donors (Lipinski definition) is 0. The smallest absolute Gasteiger partial charge is 0 e. The van der Waals surface area contributed by atoms with Crippen LogP contribution < -0.4 is 0 Å². The third-order valence-corrected chi connectivity index (χ3v) is 1.61. The Morgan fingerprint density at radius 2 is 2.33 bits per heavy atom. The Labute approximate surface area is 53.9 Å². The average Bonchev–Trinajstić information content (AvgIpc) is 1.64. The van der Waals surface area contributed by atoms with Crippen LogP contribution in [0.4, 0.5) is 0 Å². The second-order valence-corrected chi connectivity index (χ2v) is 2.84. The summed E-state index contributed by atoms with van der Waals surface area (Å²) in [7, 11) is 0. The molecule has 0 N–H and O–H groups in total. The third-order valence-electron chi connectivity index (χ3n) is 0.907. The van der Waals surface area contributed by atoms with E-state index in [1.54, 1.807) is 11.8 Å². The predicted molar refractivity (Wildman–Crippen MR) is 38.8 cm³/mol. The molecule has 1 rings (SSSR count). The van der Waals surface area contributed by atoms with Gasteiger partial charge in [-0.3, -0.25) is 0 Å². The molecule has 0 fully saturated rings. The third kappa shape index (κ3) is 1.91. The van der Waals surface area contributed by atoms with Gasteiger partial charge in [0.05, 0.1) is 0 Å². The van der Waals surface area contributed by atoms with Gasteiger partial charge in [-0.25, -0.2) is 11.8 Å². The summed E-state index contributed by atoms with van der Waals surface area (Å²) in [6.07, 6.45) is 2.07. The first-order valence-corrected chi connectivity index (χ1v) is 3.38. The second-order valence-electron chi connectivity index (χ2n) is 1.75. The van der Waals surface area contributed by atoms with E-state index >= 15 is 0 Å². The number of rotatable bonds is 0. The van der Waals surface area contributed by atoms with Crippen molar-refractivity contribution in [3.63, 3.8) is 0 Å². The molecule has 0 spiro atoms. The van der Waals surface area contributed by atoms with Crippen LogP contribution in [0.5, 0.6) is 0 Å². The van der Waals surface area contributed by atoms with Gasteiger partial charge in [-0.2, -0.15) is 0 Å². The molecule has 0 aromatic rings. The average molecular weight is 388 g/mol. The number of aliphatic imine (C=N–C) groups is 1. The summed E-state index contributed by atoms with van der Waals surface area (Å²) < 4.78 is 0. The summed E-state index contributed by atoms with van der Waals surface area (Å²) in [5, 5.41) is 0. The van der Waals surface area contributed by atoms with Crippen molar-refractivity contribution >= 4 is 17.3 Å². The van der Waals surface area contributed by atoms with Crippen molar-refractivity contribution in [2.24, 2.45) is 4.99 Å². The Bertz CT molecular complexity index is 142. The molecule has 0 saturated heterocycles. The van der Waals surface area contributed by atoms with E-state index in [0.29, 0.717) is 0 Å². The fraction of sp³-hybridized carbons (Fsp3) is 0.333. The molecule has 0 bridgehead atoms. The van der Waals surface area contributed by atoms with Gasteiger partial charge in [0.15, 0.2) is 0 Å². The molecule has 0 unspecified atom stereocenters. The van der Waals surface area contributed by atoms with Gasteiger partial charge in [-0.05, 0) is 5.55 Å². The van der Waals surface area contributed by atoms with E-state index < -0.39 is 0 Å². The molecule has 0 aromatic carbocycles. The number of hydrogen-bond acceptors (Lipinski definition) is 2. The fourth-order valence-corrected chi connectivity index (χ4v) is 1.18. The molecule has 0 aliphatic carbocycles. The second kappa shape index (κ2) is 2.82. The molecule has 3 heteroatoms. The van der Waals surface area contributed by atoms with Crippen LogP contribution in [-0.2, 0) is 0 Å². The van der Waals surface area contributed by atoms with Crippen LogP contribution in [0.25, 0.3) is 0 Å². The quantitative estimate of drug-likeness (QED) is 0.580. The van der Waals surface area contributed by atoms with E-state index in [0.717, 1.165) is 6.04 Å². The standard InChI is InChI=1S/C6H8NS.Lr/c1-5-3-6(2)8-4-7-5;/h3-4H,1-2H3;/q-1;. The summed E-state index contributed by atoms with van der Waals surface area (Å²) in [6.45, 7) is 4.08. The molecule has 9 heavy (non-hydrogen) atoms. The van der Waals surface area contributed by atoms with Gasteiger partial charge < -0.3 is 4.99 Å². The molecule has 1 heterocycles. The van der Waals surface area contributed by atoms with Crippen LogP contribution in [0.1, 0.15) is 13.8 Å². The van der Waals surface area contributed by atoms with Gasteiger partial charge in [0.2, 0.25) is 0 Å².